The summed E-state index contributed by atoms with van der Waals surface area (Å²) >= 11 is 0. The Morgan fingerprint density at radius 2 is 1.42 bits per heavy atom. The Bertz CT molecular complexity index is 1480. The molecule has 0 saturated heterocycles. The van der Waals surface area contributed by atoms with Crippen molar-refractivity contribution in [2.45, 2.75) is 50.6 Å². The lowest BCUT2D eigenvalue weighted by Gasteiger charge is -2.47. The number of nitrogens with zero attached hydrogens (tertiary/aromatic N) is 3. The number of fused-ring (bicyclic) bond motifs is 3. The Kier molecular flexibility index (Phi) is 5.15. The number of aromatic nitrogens is 1. The molecule has 1 aromatic heterocycles. The van der Waals surface area contributed by atoms with E-state index < -0.39 is 28.6 Å². The summed E-state index contributed by atoms with van der Waals surface area (Å²) < 4.78 is 1.44. The smallest absolute Gasteiger partial charge is 0.341 e. The van der Waals surface area contributed by atoms with Gasteiger partial charge in [-0.15, -0.1) is 0 Å². The van der Waals surface area contributed by atoms with Crippen LogP contribution in [0.3, 0.4) is 0 Å². The van der Waals surface area contributed by atoms with Gasteiger partial charge in [0.2, 0.25) is 5.43 Å². The number of carboxylic acid groups (broad SMARTS) is 1. The fourth-order valence-electron chi connectivity index (χ4n) is 6.59. The molecule has 0 unspecified atom stereocenters. The molecule has 4 aliphatic rings. The number of benzene rings is 2. The molecule has 194 valence electrons. The maximum absolute atomic E-state index is 14.0. The highest BCUT2D eigenvalue weighted by Crippen LogP contribution is 2.49. The van der Waals surface area contributed by atoms with Crippen molar-refractivity contribution < 1.29 is 19.8 Å². The SMILES string of the molecule is O=C(O)c1cn2c(c(O)c1=O)C(=O)N(C(C1CC1)C1CC1)CN2C1c2ccccc2CCc2ccccc21. The molecule has 0 bridgehead atoms. The lowest BCUT2D eigenvalue weighted by atomic mass is 9.93. The third-order valence-corrected chi connectivity index (χ3v) is 8.66. The van der Waals surface area contributed by atoms with Crippen LogP contribution in [-0.2, 0) is 12.8 Å². The largest absolute Gasteiger partial charge is 0.502 e. The van der Waals surface area contributed by atoms with Crippen molar-refractivity contribution in [2.75, 3.05) is 11.7 Å². The van der Waals surface area contributed by atoms with Gasteiger partial charge in [0.25, 0.3) is 5.91 Å². The van der Waals surface area contributed by atoms with Gasteiger partial charge >= 0.3 is 5.97 Å². The maximum Gasteiger partial charge on any atom is 0.341 e. The van der Waals surface area contributed by atoms with E-state index in [2.05, 4.69) is 24.3 Å². The number of pyridine rings is 1. The maximum atomic E-state index is 14.0. The third kappa shape index (κ3) is 3.54. The molecule has 2 fully saturated rings. The number of aromatic hydroxyl groups is 1. The first kappa shape index (κ1) is 23.1. The van der Waals surface area contributed by atoms with Gasteiger partial charge < -0.3 is 15.1 Å². The van der Waals surface area contributed by atoms with Crippen LogP contribution < -0.4 is 10.4 Å². The molecule has 38 heavy (non-hydrogen) atoms. The van der Waals surface area contributed by atoms with Crippen LogP contribution in [0.4, 0.5) is 0 Å². The van der Waals surface area contributed by atoms with Crippen molar-refractivity contribution in [3.05, 3.63) is 98.5 Å². The first-order valence-corrected chi connectivity index (χ1v) is 13.4. The lowest BCUT2D eigenvalue weighted by Crippen LogP contribution is -2.59. The van der Waals surface area contributed by atoms with Crippen LogP contribution >= 0.6 is 0 Å². The summed E-state index contributed by atoms with van der Waals surface area (Å²) in [6.07, 6.45) is 7.20. The Morgan fingerprint density at radius 1 is 0.868 bits per heavy atom. The van der Waals surface area contributed by atoms with Crippen LogP contribution in [0, 0.1) is 11.8 Å². The molecule has 0 atom stereocenters. The second-order valence-electron chi connectivity index (χ2n) is 11.0. The number of aryl methyl sites for hydroxylation is 2. The fourth-order valence-corrected chi connectivity index (χ4v) is 6.59. The van der Waals surface area contributed by atoms with Gasteiger partial charge in [-0.3, -0.25) is 19.3 Å². The van der Waals surface area contributed by atoms with Crippen LogP contribution in [0.1, 0.15) is 74.8 Å². The van der Waals surface area contributed by atoms with Crippen LogP contribution in [0.25, 0.3) is 0 Å². The zero-order chi connectivity index (χ0) is 26.1. The van der Waals surface area contributed by atoms with E-state index >= 15 is 0 Å². The Balaban J connectivity index is 1.49. The third-order valence-electron chi connectivity index (χ3n) is 8.66. The molecular weight excluding hydrogens is 482 g/mol. The highest BCUT2D eigenvalue weighted by molar-refractivity contribution is 5.98. The van der Waals surface area contributed by atoms with Gasteiger partial charge in [-0.1, -0.05) is 48.5 Å². The van der Waals surface area contributed by atoms with E-state index in [1.807, 2.05) is 34.2 Å². The van der Waals surface area contributed by atoms with E-state index in [1.54, 1.807) is 0 Å². The molecule has 8 nitrogen and oxygen atoms in total. The molecule has 3 aliphatic carbocycles. The summed E-state index contributed by atoms with van der Waals surface area (Å²) in [6.45, 7) is 0.234. The molecule has 0 radical (unpaired) electrons. The lowest BCUT2D eigenvalue weighted by molar-refractivity contribution is 0.0526. The van der Waals surface area contributed by atoms with Gasteiger partial charge in [0.05, 0.1) is 6.04 Å². The molecule has 7 rings (SSSR count). The van der Waals surface area contributed by atoms with Crippen LogP contribution in [-0.4, -0.2) is 44.4 Å². The van der Waals surface area contributed by atoms with Crippen molar-refractivity contribution in [2.24, 2.45) is 11.8 Å². The van der Waals surface area contributed by atoms with Gasteiger partial charge in [-0.2, -0.15) is 0 Å². The van der Waals surface area contributed by atoms with Crippen molar-refractivity contribution >= 4 is 11.9 Å². The summed E-state index contributed by atoms with van der Waals surface area (Å²) in [5.41, 5.74) is 2.76. The molecule has 3 aromatic rings. The summed E-state index contributed by atoms with van der Waals surface area (Å²) in [5.74, 6) is -1.82. The van der Waals surface area contributed by atoms with Crippen molar-refractivity contribution in [1.82, 2.24) is 9.58 Å². The van der Waals surface area contributed by atoms with E-state index in [0.717, 1.165) is 49.7 Å². The van der Waals surface area contributed by atoms with E-state index in [9.17, 15) is 24.6 Å². The van der Waals surface area contributed by atoms with Crippen molar-refractivity contribution in [3.8, 4) is 5.75 Å². The molecule has 2 N–H and O–H groups in total. The standard InChI is InChI=1S/C30H29N3O5/c34-27-23(30(37)38)15-32-26(28(27)35)29(36)31(24(19-11-12-19)20-13-14-20)16-33(32)25-21-7-3-1-5-17(21)9-10-18-6-2-4-8-22(18)25/h1-8,15,19-20,24-25,35H,9-14,16H2,(H,37,38). The van der Waals surface area contributed by atoms with Gasteiger partial charge in [0.1, 0.15) is 12.2 Å². The number of amides is 1. The number of rotatable bonds is 5. The molecule has 2 saturated carbocycles. The first-order chi connectivity index (χ1) is 18.4. The van der Waals surface area contributed by atoms with Crippen LogP contribution in [0.15, 0.2) is 59.5 Å². The number of hydrogen-bond donors (Lipinski definition) is 2. The van der Waals surface area contributed by atoms with Crippen molar-refractivity contribution in [3.63, 3.8) is 0 Å². The topological polar surface area (TPSA) is 103 Å². The minimum Gasteiger partial charge on any atom is -0.502 e. The minimum atomic E-state index is -1.44. The van der Waals surface area contributed by atoms with E-state index in [0.29, 0.717) is 11.8 Å². The Labute approximate surface area is 219 Å². The second-order valence-corrected chi connectivity index (χ2v) is 11.0. The molecule has 1 amide bonds. The Morgan fingerprint density at radius 3 is 1.95 bits per heavy atom. The average molecular weight is 512 g/mol. The number of carbonyl (C=O) groups excluding carboxylic acids is 1. The highest BCUT2D eigenvalue weighted by Gasteiger charge is 2.50. The average Bonchev–Trinajstić information content (AvgIpc) is 3.82. The molecule has 1 aliphatic heterocycles. The van der Waals surface area contributed by atoms with Gasteiger partial charge in [0.15, 0.2) is 11.4 Å². The minimum absolute atomic E-state index is 0.0451. The summed E-state index contributed by atoms with van der Waals surface area (Å²) in [7, 11) is 0. The van der Waals surface area contributed by atoms with Crippen molar-refractivity contribution in [1.29, 1.82) is 0 Å². The normalized spacial score (nSPS) is 19.1. The second kappa shape index (κ2) is 8.48. The van der Waals surface area contributed by atoms with Gasteiger partial charge in [-0.25, -0.2) is 4.79 Å². The molecule has 8 heteroatoms. The molecule has 0 spiro atoms. The number of aromatic carboxylic acids is 1. The predicted molar refractivity (Wildman–Crippen MR) is 140 cm³/mol. The van der Waals surface area contributed by atoms with E-state index in [-0.39, 0.29) is 24.4 Å². The predicted octanol–water partition coefficient (Wildman–Crippen LogP) is 3.68. The summed E-state index contributed by atoms with van der Waals surface area (Å²) in [4.78, 5) is 40.7. The van der Waals surface area contributed by atoms with E-state index in [1.165, 1.54) is 22.0 Å². The van der Waals surface area contributed by atoms with E-state index in [4.69, 9.17) is 0 Å². The molecule has 2 heterocycles. The molecule has 2 aromatic carbocycles. The van der Waals surface area contributed by atoms with Gasteiger partial charge in [-0.05, 0) is 72.6 Å². The number of carboxylic acids is 1. The fraction of sp³-hybridized carbons (Fsp3) is 0.367. The summed E-state index contributed by atoms with van der Waals surface area (Å²) in [6, 6.07) is 16.1. The monoisotopic (exact) mass is 511 g/mol. The van der Waals surface area contributed by atoms with Crippen LogP contribution in [0.2, 0.25) is 0 Å². The highest BCUT2D eigenvalue weighted by atomic mass is 16.4. The zero-order valence-electron chi connectivity index (χ0n) is 20.9. The summed E-state index contributed by atoms with van der Waals surface area (Å²) in [5, 5.41) is 22.8. The molecular formula is C30H29N3O5. The quantitative estimate of drug-likeness (QED) is 0.542. The van der Waals surface area contributed by atoms with Crippen LogP contribution in [0.5, 0.6) is 5.75 Å². The van der Waals surface area contributed by atoms with Gasteiger partial charge in [0, 0.05) is 12.2 Å². The number of hydrogen-bond acceptors (Lipinski definition) is 5. The first-order valence-electron chi connectivity index (χ1n) is 13.4. The Hall–Kier alpha value is -4.07. The number of carbonyl (C=O) groups is 2. The zero-order valence-corrected chi connectivity index (χ0v) is 20.9.